The third kappa shape index (κ3) is 6.26. The first-order chi connectivity index (χ1) is 23.6. The molecule has 258 valence electrons. The van der Waals surface area contributed by atoms with Crippen molar-refractivity contribution in [3.05, 3.63) is 64.8 Å². The molecule has 3 fully saturated rings. The van der Waals surface area contributed by atoms with Gasteiger partial charge in [0.15, 0.2) is 5.78 Å². The Hall–Kier alpha value is -3.78. The lowest BCUT2D eigenvalue weighted by atomic mass is 9.87. The van der Waals surface area contributed by atoms with E-state index in [4.69, 9.17) is 31.0 Å². The molecule has 2 aromatic heterocycles. The summed E-state index contributed by atoms with van der Waals surface area (Å²) >= 11 is 6.87. The Kier molecular flexibility index (Phi) is 9.29. The number of fused-ring (bicyclic) bond motifs is 3. The smallest absolute Gasteiger partial charge is 0.312 e. The molecular weight excluding hydrogens is 638 g/mol. The van der Waals surface area contributed by atoms with E-state index in [2.05, 4.69) is 26.0 Å². The first-order valence-electron chi connectivity index (χ1n) is 17.9. The zero-order valence-corrected chi connectivity index (χ0v) is 29.7. The average Bonchev–Trinajstić information content (AvgIpc) is 3.67. The fourth-order valence-corrected chi connectivity index (χ4v) is 8.59. The van der Waals surface area contributed by atoms with Crippen LogP contribution in [0.25, 0.3) is 22.3 Å². The number of aryl methyl sites for hydroxylation is 1. The molecule has 7 rings (SSSR count). The van der Waals surface area contributed by atoms with Crippen LogP contribution in [0, 0.1) is 24.2 Å². The number of Topliss-reactive ketones (excluding diaryl/α,β-unsaturated/α-hetero) is 1. The summed E-state index contributed by atoms with van der Waals surface area (Å²) in [7, 11) is 1.39. The second-order valence-electron chi connectivity index (χ2n) is 14.9. The van der Waals surface area contributed by atoms with Gasteiger partial charge in [0.05, 0.1) is 46.5 Å². The Bertz CT molecular complexity index is 1820. The van der Waals surface area contributed by atoms with E-state index in [0.717, 1.165) is 67.3 Å². The number of methoxy groups -OCH3 is 1. The number of ether oxygens (including phenoxy) is 2. The maximum atomic E-state index is 14.3. The summed E-state index contributed by atoms with van der Waals surface area (Å²) in [6.07, 6.45) is 11.2. The summed E-state index contributed by atoms with van der Waals surface area (Å²) in [6.45, 7) is 6.17. The van der Waals surface area contributed by atoms with E-state index in [9.17, 15) is 14.4 Å². The summed E-state index contributed by atoms with van der Waals surface area (Å²) < 4.78 is 12.2. The minimum atomic E-state index is -0.864. The first-order valence-corrected chi connectivity index (χ1v) is 18.3. The van der Waals surface area contributed by atoms with Crippen molar-refractivity contribution in [2.24, 2.45) is 17.3 Å². The molecule has 49 heavy (non-hydrogen) atoms. The number of benzene rings is 1. The number of pyridine rings is 2. The lowest BCUT2D eigenvalue weighted by Gasteiger charge is -2.39. The van der Waals surface area contributed by atoms with E-state index >= 15 is 0 Å². The molecule has 8 nitrogen and oxygen atoms in total. The monoisotopic (exact) mass is 683 g/mol. The predicted octanol–water partition coefficient (Wildman–Crippen LogP) is 8.17. The van der Waals surface area contributed by atoms with E-state index in [0.29, 0.717) is 34.8 Å². The quantitative estimate of drug-likeness (QED) is 0.198. The lowest BCUT2D eigenvalue weighted by molar-refractivity contribution is -0.151. The molecule has 0 radical (unpaired) electrons. The van der Waals surface area contributed by atoms with E-state index < -0.39 is 17.6 Å². The fourth-order valence-electron chi connectivity index (χ4n) is 8.38. The van der Waals surface area contributed by atoms with Crippen molar-refractivity contribution in [3.8, 4) is 17.1 Å². The van der Waals surface area contributed by atoms with Gasteiger partial charge >= 0.3 is 5.97 Å². The van der Waals surface area contributed by atoms with Gasteiger partial charge in [-0.15, -0.1) is 0 Å². The number of rotatable bonds is 5. The van der Waals surface area contributed by atoms with Crippen LogP contribution in [0.1, 0.15) is 95.2 Å². The van der Waals surface area contributed by atoms with Crippen LogP contribution >= 0.6 is 11.6 Å². The van der Waals surface area contributed by atoms with Gasteiger partial charge in [-0.2, -0.15) is 0 Å². The third-order valence-corrected chi connectivity index (χ3v) is 11.8. The summed E-state index contributed by atoms with van der Waals surface area (Å²) in [6, 6.07) is 10.9. The summed E-state index contributed by atoms with van der Waals surface area (Å²) in [5.41, 5.74) is 3.00. The Morgan fingerprint density at radius 1 is 1.04 bits per heavy atom. The maximum Gasteiger partial charge on any atom is 0.312 e. The van der Waals surface area contributed by atoms with Crippen LogP contribution in [-0.2, 0) is 19.1 Å². The summed E-state index contributed by atoms with van der Waals surface area (Å²) in [5.74, 6) is 0.327. The molecule has 4 aliphatic rings. The number of aromatic nitrogens is 2. The summed E-state index contributed by atoms with van der Waals surface area (Å²) in [5, 5.41) is 1.32. The first kappa shape index (κ1) is 33.7. The van der Waals surface area contributed by atoms with Gasteiger partial charge in [-0.05, 0) is 81.0 Å². The highest BCUT2D eigenvalue weighted by molar-refractivity contribution is 6.36. The number of halogens is 1. The average molecular weight is 684 g/mol. The van der Waals surface area contributed by atoms with Crippen LogP contribution < -0.4 is 4.74 Å². The number of carbonyl (C=O) groups is 3. The molecule has 0 spiro atoms. The van der Waals surface area contributed by atoms with Gasteiger partial charge in [-0.1, -0.05) is 62.6 Å². The van der Waals surface area contributed by atoms with Crippen molar-refractivity contribution < 1.29 is 23.9 Å². The van der Waals surface area contributed by atoms with Gasteiger partial charge in [0.1, 0.15) is 11.9 Å². The Morgan fingerprint density at radius 3 is 2.67 bits per heavy atom. The van der Waals surface area contributed by atoms with Gasteiger partial charge in [0.25, 0.3) is 0 Å². The number of ketones is 1. The maximum absolute atomic E-state index is 14.3. The molecule has 1 aromatic carbocycles. The molecule has 5 heterocycles. The molecule has 2 saturated heterocycles. The zero-order valence-electron chi connectivity index (χ0n) is 28.9. The van der Waals surface area contributed by atoms with Crippen molar-refractivity contribution in [2.75, 3.05) is 7.11 Å². The summed E-state index contributed by atoms with van der Waals surface area (Å²) in [4.78, 5) is 53.4. The van der Waals surface area contributed by atoms with Crippen molar-refractivity contribution in [3.63, 3.8) is 0 Å². The predicted molar refractivity (Wildman–Crippen MR) is 189 cm³/mol. The molecule has 1 amide bonds. The topological polar surface area (TPSA) is 98.7 Å². The number of allylic oxidation sites excluding steroid dienone is 2. The number of hydrogen-bond acceptors (Lipinski definition) is 7. The van der Waals surface area contributed by atoms with Gasteiger partial charge in [0.2, 0.25) is 5.91 Å². The standard InChI is InChI=1S/C40H46ClN3O5/c1-23(2)28-13-10-14-29(42-28)30-19-34(27-17-15-24(3)36(41)37(27)43-30)49-35-20-32-33(45)22-40(39(47)48-4)21-26(40)12-9-7-5-6-8-11-25-16-18-31(35)44(32)38(25)46/h9-10,12-15,17,19,23,25-26,31-32,35H,5-8,11,16,18,20-22H2,1-4H3/b12-9-/t25-,26+,31+,32-,35+,40+/m0/s1. The normalized spacial score (nSPS) is 29.3. The zero-order chi connectivity index (χ0) is 34.4. The number of piperidine rings is 1. The molecule has 2 bridgehead atoms. The highest BCUT2D eigenvalue weighted by Crippen LogP contribution is 2.58. The van der Waals surface area contributed by atoms with Crippen LogP contribution in [0.3, 0.4) is 0 Å². The molecule has 1 aliphatic carbocycles. The SMILES string of the molecule is COC(=O)[C@]12CC(=O)[C@@H]3C[C@@H](Oc4cc(-c5cccc(C(C)C)n5)nc5c(Cl)c(C)ccc45)[C@H]4CC[C@H](CCCCC/C=C\[C@@H]1C2)C(=O)N43. The van der Waals surface area contributed by atoms with Crippen molar-refractivity contribution in [1.29, 1.82) is 0 Å². The van der Waals surface area contributed by atoms with Crippen LogP contribution in [-0.4, -0.2) is 57.8 Å². The number of hydrogen-bond donors (Lipinski definition) is 0. The number of carbonyl (C=O) groups excluding carboxylic acids is 3. The Balaban J connectivity index is 1.26. The van der Waals surface area contributed by atoms with Gasteiger partial charge < -0.3 is 14.4 Å². The lowest BCUT2D eigenvalue weighted by Crippen LogP contribution is -2.52. The van der Waals surface area contributed by atoms with Gasteiger partial charge in [-0.25, -0.2) is 4.98 Å². The molecule has 3 aromatic rings. The highest BCUT2D eigenvalue weighted by atomic mass is 35.5. The molecular formula is C40H46ClN3O5. The second-order valence-corrected chi connectivity index (χ2v) is 15.2. The van der Waals surface area contributed by atoms with Crippen LogP contribution in [0.2, 0.25) is 5.02 Å². The van der Waals surface area contributed by atoms with Gasteiger partial charge in [-0.3, -0.25) is 19.4 Å². The van der Waals surface area contributed by atoms with Gasteiger partial charge in [0, 0.05) is 35.9 Å². The van der Waals surface area contributed by atoms with E-state index in [1.165, 1.54) is 7.11 Å². The minimum Gasteiger partial charge on any atom is -0.487 e. The van der Waals surface area contributed by atoms with Crippen LogP contribution in [0.5, 0.6) is 5.75 Å². The van der Waals surface area contributed by atoms with Crippen molar-refractivity contribution >= 4 is 40.2 Å². The number of nitrogens with zero attached hydrogens (tertiary/aromatic N) is 3. The van der Waals surface area contributed by atoms with E-state index in [1.807, 2.05) is 48.2 Å². The second kappa shape index (κ2) is 13.5. The Morgan fingerprint density at radius 2 is 1.88 bits per heavy atom. The molecule has 9 heteroatoms. The molecule has 1 saturated carbocycles. The number of amides is 1. The Labute approximate surface area is 293 Å². The molecule has 6 atom stereocenters. The molecule has 0 N–H and O–H groups in total. The van der Waals surface area contributed by atoms with Crippen LogP contribution in [0.15, 0.2) is 48.6 Å². The van der Waals surface area contributed by atoms with Crippen LogP contribution in [0.4, 0.5) is 0 Å². The van der Waals surface area contributed by atoms with Crippen molar-refractivity contribution in [2.45, 2.75) is 109 Å². The molecule has 0 unspecified atom stereocenters. The van der Waals surface area contributed by atoms with E-state index in [1.54, 1.807) is 0 Å². The number of esters is 1. The third-order valence-electron chi connectivity index (χ3n) is 11.3. The van der Waals surface area contributed by atoms with E-state index in [-0.39, 0.29) is 47.9 Å². The fraction of sp³-hybridized carbons (Fsp3) is 0.525. The highest BCUT2D eigenvalue weighted by Gasteiger charge is 2.62. The van der Waals surface area contributed by atoms with Crippen molar-refractivity contribution in [1.82, 2.24) is 14.9 Å². The minimum absolute atomic E-state index is 0.0271. The molecule has 3 aliphatic heterocycles. The largest absolute Gasteiger partial charge is 0.487 e.